The summed E-state index contributed by atoms with van der Waals surface area (Å²) in [6, 6.07) is 0. The van der Waals surface area contributed by atoms with E-state index in [1.165, 1.54) is 0 Å². The molecule has 0 aromatic carbocycles. The molecule has 0 saturated heterocycles. The van der Waals surface area contributed by atoms with Crippen molar-refractivity contribution in [3.8, 4) is 0 Å². The first kappa shape index (κ1) is 9.03. The van der Waals surface area contributed by atoms with E-state index < -0.39 is 0 Å². The molecule has 0 bridgehead atoms. The van der Waals surface area contributed by atoms with Crippen molar-refractivity contribution in [1.29, 1.82) is 0 Å². The molecule has 0 aliphatic heterocycles. The maximum absolute atomic E-state index is 11.1. The summed E-state index contributed by atoms with van der Waals surface area (Å²) in [6.07, 6.45) is 0.918. The Morgan fingerprint density at radius 3 is 2.75 bits per heavy atom. The van der Waals surface area contributed by atoms with Crippen LogP contribution in [-0.2, 0) is 6.54 Å². The van der Waals surface area contributed by atoms with Crippen molar-refractivity contribution in [1.82, 2.24) is 9.72 Å². The van der Waals surface area contributed by atoms with Gasteiger partial charge in [-0.3, -0.25) is 9.09 Å². The molecular weight excluding hydrogens is 156 g/mol. The second-order valence-corrected chi connectivity index (χ2v) is 3.11. The third kappa shape index (κ3) is 1.57. The molecule has 0 aliphatic carbocycles. The SMILES string of the molecule is CCCn1c(C(C)C)noc1=O. The molecule has 0 amide bonds. The molecule has 0 saturated carbocycles. The Bertz CT molecular complexity index is 298. The first-order chi connectivity index (χ1) is 5.66. The molecule has 1 aromatic rings. The van der Waals surface area contributed by atoms with Gasteiger partial charge in [-0.25, -0.2) is 4.79 Å². The molecule has 12 heavy (non-hydrogen) atoms. The third-order valence-electron chi connectivity index (χ3n) is 1.68. The highest BCUT2D eigenvalue weighted by Gasteiger charge is 2.12. The molecular formula is C8H14N2O2. The van der Waals surface area contributed by atoms with E-state index in [-0.39, 0.29) is 11.7 Å². The van der Waals surface area contributed by atoms with Gasteiger partial charge in [-0.1, -0.05) is 25.9 Å². The first-order valence-electron chi connectivity index (χ1n) is 4.23. The Labute approximate surface area is 71.2 Å². The Kier molecular flexibility index (Phi) is 2.68. The number of nitrogens with zero attached hydrogens (tertiary/aromatic N) is 2. The molecule has 4 nitrogen and oxygen atoms in total. The maximum Gasteiger partial charge on any atom is 0.441 e. The number of hydrogen-bond donors (Lipinski definition) is 0. The van der Waals surface area contributed by atoms with Gasteiger partial charge in [-0.2, -0.15) is 0 Å². The lowest BCUT2D eigenvalue weighted by molar-refractivity contribution is 0.371. The molecule has 0 N–H and O–H groups in total. The summed E-state index contributed by atoms with van der Waals surface area (Å²) in [7, 11) is 0. The van der Waals surface area contributed by atoms with Crippen LogP contribution >= 0.6 is 0 Å². The lowest BCUT2D eigenvalue weighted by Gasteiger charge is -2.03. The van der Waals surface area contributed by atoms with Gasteiger partial charge in [0.25, 0.3) is 0 Å². The van der Waals surface area contributed by atoms with E-state index >= 15 is 0 Å². The van der Waals surface area contributed by atoms with Crippen LogP contribution < -0.4 is 5.76 Å². The zero-order chi connectivity index (χ0) is 9.14. The molecule has 4 heteroatoms. The second kappa shape index (κ2) is 3.56. The highest BCUT2D eigenvalue weighted by Crippen LogP contribution is 2.09. The predicted octanol–water partition coefficient (Wildman–Crippen LogP) is 1.37. The first-order valence-corrected chi connectivity index (χ1v) is 4.23. The highest BCUT2D eigenvalue weighted by molar-refractivity contribution is 4.90. The summed E-state index contributed by atoms with van der Waals surface area (Å²) in [4.78, 5) is 11.1. The van der Waals surface area contributed by atoms with Crippen molar-refractivity contribution in [3.63, 3.8) is 0 Å². The Balaban J connectivity index is 3.04. The van der Waals surface area contributed by atoms with Crippen LogP contribution in [0.4, 0.5) is 0 Å². The van der Waals surface area contributed by atoms with Crippen LogP contribution in [0.3, 0.4) is 0 Å². The van der Waals surface area contributed by atoms with Gasteiger partial charge in [0.15, 0.2) is 5.82 Å². The fourth-order valence-electron chi connectivity index (χ4n) is 1.12. The molecule has 0 spiro atoms. The molecule has 1 heterocycles. The van der Waals surface area contributed by atoms with Gasteiger partial charge >= 0.3 is 5.76 Å². The summed E-state index contributed by atoms with van der Waals surface area (Å²) < 4.78 is 6.15. The van der Waals surface area contributed by atoms with Crippen LogP contribution in [0, 0.1) is 0 Å². The Hall–Kier alpha value is -1.06. The minimum absolute atomic E-state index is 0.239. The van der Waals surface area contributed by atoms with Crippen LogP contribution in [0.15, 0.2) is 9.32 Å². The van der Waals surface area contributed by atoms with E-state index in [0.717, 1.165) is 12.2 Å². The van der Waals surface area contributed by atoms with Crippen molar-refractivity contribution < 1.29 is 4.52 Å². The van der Waals surface area contributed by atoms with Gasteiger partial charge in [0, 0.05) is 12.5 Å². The molecule has 1 rings (SSSR count). The quantitative estimate of drug-likeness (QED) is 0.688. The molecule has 0 fully saturated rings. The lowest BCUT2D eigenvalue weighted by atomic mass is 10.2. The van der Waals surface area contributed by atoms with E-state index in [1.807, 2.05) is 20.8 Å². The summed E-state index contributed by atoms with van der Waals surface area (Å²) in [5, 5.41) is 3.71. The summed E-state index contributed by atoms with van der Waals surface area (Å²) in [5.41, 5.74) is 0. The topological polar surface area (TPSA) is 48.0 Å². The average molecular weight is 170 g/mol. The highest BCUT2D eigenvalue weighted by atomic mass is 16.5. The fraction of sp³-hybridized carbons (Fsp3) is 0.750. The van der Waals surface area contributed by atoms with Gasteiger partial charge < -0.3 is 0 Å². The zero-order valence-corrected chi connectivity index (χ0v) is 7.70. The monoisotopic (exact) mass is 170 g/mol. The molecule has 0 unspecified atom stereocenters. The van der Waals surface area contributed by atoms with E-state index in [0.29, 0.717) is 6.54 Å². The number of aromatic nitrogens is 2. The molecule has 0 atom stereocenters. The van der Waals surface area contributed by atoms with E-state index in [4.69, 9.17) is 0 Å². The lowest BCUT2D eigenvalue weighted by Crippen LogP contribution is -2.17. The van der Waals surface area contributed by atoms with Crippen LogP contribution in [0.25, 0.3) is 0 Å². The zero-order valence-electron chi connectivity index (χ0n) is 7.70. The van der Waals surface area contributed by atoms with Gasteiger partial charge in [0.2, 0.25) is 0 Å². The molecule has 1 aromatic heterocycles. The van der Waals surface area contributed by atoms with Gasteiger partial charge in [-0.15, -0.1) is 0 Å². The summed E-state index contributed by atoms with van der Waals surface area (Å²) in [6.45, 7) is 6.69. The van der Waals surface area contributed by atoms with Crippen molar-refractivity contribution >= 4 is 0 Å². The van der Waals surface area contributed by atoms with Crippen molar-refractivity contribution in [3.05, 3.63) is 16.4 Å². The smallest absolute Gasteiger partial charge is 0.296 e. The van der Waals surface area contributed by atoms with Crippen LogP contribution in [0.5, 0.6) is 0 Å². The van der Waals surface area contributed by atoms with E-state index in [2.05, 4.69) is 9.68 Å². The largest absolute Gasteiger partial charge is 0.441 e. The van der Waals surface area contributed by atoms with Gasteiger partial charge in [0.1, 0.15) is 0 Å². The van der Waals surface area contributed by atoms with Crippen LogP contribution in [-0.4, -0.2) is 9.72 Å². The third-order valence-corrected chi connectivity index (χ3v) is 1.68. The summed E-state index contributed by atoms with van der Waals surface area (Å²) in [5.74, 6) is 0.630. The van der Waals surface area contributed by atoms with Crippen molar-refractivity contribution in [2.75, 3.05) is 0 Å². The average Bonchev–Trinajstić information content (AvgIpc) is 2.34. The predicted molar refractivity (Wildman–Crippen MR) is 45.1 cm³/mol. The van der Waals surface area contributed by atoms with Crippen LogP contribution in [0.2, 0.25) is 0 Å². The number of rotatable bonds is 3. The molecule has 68 valence electrons. The van der Waals surface area contributed by atoms with E-state index in [9.17, 15) is 4.79 Å². The maximum atomic E-state index is 11.1. The standard InChI is InChI=1S/C8H14N2O2/c1-4-5-10-7(6(2)3)9-12-8(10)11/h6H,4-5H2,1-3H3. The van der Waals surface area contributed by atoms with Crippen molar-refractivity contribution in [2.24, 2.45) is 0 Å². The minimum atomic E-state index is -0.347. The fourth-order valence-corrected chi connectivity index (χ4v) is 1.12. The number of hydrogen-bond acceptors (Lipinski definition) is 3. The Morgan fingerprint density at radius 2 is 2.25 bits per heavy atom. The van der Waals surface area contributed by atoms with Crippen molar-refractivity contribution in [2.45, 2.75) is 39.7 Å². The second-order valence-electron chi connectivity index (χ2n) is 3.11. The van der Waals surface area contributed by atoms with E-state index in [1.54, 1.807) is 4.57 Å². The molecule has 0 aliphatic rings. The molecule has 0 radical (unpaired) electrons. The normalized spacial score (nSPS) is 11.0. The van der Waals surface area contributed by atoms with Gasteiger partial charge in [0.05, 0.1) is 0 Å². The summed E-state index contributed by atoms with van der Waals surface area (Å²) >= 11 is 0. The van der Waals surface area contributed by atoms with Gasteiger partial charge in [-0.05, 0) is 6.42 Å². The Morgan fingerprint density at radius 1 is 1.58 bits per heavy atom. The van der Waals surface area contributed by atoms with Crippen LogP contribution in [0.1, 0.15) is 38.9 Å². The minimum Gasteiger partial charge on any atom is -0.296 e.